The van der Waals surface area contributed by atoms with E-state index in [9.17, 15) is 26.1 Å². The first-order valence-corrected chi connectivity index (χ1v) is 2.99. The molecule has 1 saturated carbocycles. The van der Waals surface area contributed by atoms with Gasteiger partial charge in [-0.1, -0.05) is 12.2 Å². The van der Waals surface area contributed by atoms with Gasteiger partial charge in [-0.3, -0.25) is 0 Å². The van der Waals surface area contributed by atoms with Crippen molar-refractivity contribution in [3.05, 3.63) is 0 Å². The fourth-order valence-corrected chi connectivity index (χ4v) is 1.01. The Kier molecular flexibility index (Phi) is 1.65. The van der Waals surface area contributed by atoms with Crippen LogP contribution in [0.25, 0.3) is 0 Å². The summed E-state index contributed by atoms with van der Waals surface area (Å²) in [4.78, 5) is 0. The predicted octanol–water partition coefficient (Wildman–Crippen LogP) is 2.79. The van der Waals surface area contributed by atoms with Crippen molar-refractivity contribution < 1.29 is 26.1 Å². The third kappa shape index (κ3) is 1.81. The molecule has 1 fully saturated rings. The van der Waals surface area contributed by atoms with Crippen molar-refractivity contribution in [1.82, 2.24) is 0 Å². The van der Waals surface area contributed by atoms with Gasteiger partial charge in [0.15, 0.2) is 0 Å². The molecule has 1 aliphatic carbocycles. The molecular formula is C4H4BF6-. The van der Waals surface area contributed by atoms with Crippen LogP contribution in [0.15, 0.2) is 0 Å². The highest BCUT2D eigenvalue weighted by molar-refractivity contribution is 6.61. The molecule has 0 heterocycles. The molecule has 66 valence electrons. The molecule has 0 aromatic carbocycles. The number of hydrogen-bond acceptors (Lipinski definition) is 0. The highest BCUT2D eigenvalue weighted by atomic mass is 19.4. The van der Waals surface area contributed by atoms with Gasteiger partial charge < -0.3 is 12.9 Å². The van der Waals surface area contributed by atoms with E-state index in [1.54, 1.807) is 0 Å². The van der Waals surface area contributed by atoms with Crippen LogP contribution in [0, 0.1) is 5.92 Å². The summed E-state index contributed by atoms with van der Waals surface area (Å²) in [6.45, 7) is -5.28. The average molecular weight is 177 g/mol. The van der Waals surface area contributed by atoms with Crippen molar-refractivity contribution in [3.8, 4) is 0 Å². The Labute approximate surface area is 58.6 Å². The van der Waals surface area contributed by atoms with E-state index in [0.717, 1.165) is 0 Å². The Morgan fingerprint density at radius 3 is 1.64 bits per heavy atom. The Balaban J connectivity index is 2.51. The number of hydrogen-bond donors (Lipinski definition) is 0. The van der Waals surface area contributed by atoms with E-state index in [0.29, 0.717) is 0 Å². The van der Waals surface area contributed by atoms with Crippen LogP contribution >= 0.6 is 0 Å². The minimum Gasteiger partial charge on any atom is -0.449 e. The molecule has 0 aromatic rings. The molecule has 2 atom stereocenters. The van der Waals surface area contributed by atoms with Crippen LogP contribution in [0.3, 0.4) is 0 Å². The highest BCUT2D eigenvalue weighted by Gasteiger charge is 2.61. The van der Waals surface area contributed by atoms with Crippen molar-refractivity contribution in [2.24, 2.45) is 5.92 Å². The van der Waals surface area contributed by atoms with Crippen molar-refractivity contribution >= 4 is 6.98 Å². The van der Waals surface area contributed by atoms with Gasteiger partial charge in [-0.2, -0.15) is 13.2 Å². The summed E-state index contributed by atoms with van der Waals surface area (Å²) < 4.78 is 69.3. The molecule has 0 N–H and O–H groups in total. The maximum atomic E-state index is 11.6. The largest absolute Gasteiger partial charge is 0.481 e. The smallest absolute Gasteiger partial charge is 0.449 e. The van der Waals surface area contributed by atoms with E-state index in [4.69, 9.17) is 0 Å². The summed E-state index contributed by atoms with van der Waals surface area (Å²) in [7, 11) is 0. The van der Waals surface area contributed by atoms with Crippen LogP contribution in [0.1, 0.15) is 6.42 Å². The summed E-state index contributed by atoms with van der Waals surface area (Å²) in [5.41, 5.74) is 0. The molecule has 1 rings (SSSR count). The monoisotopic (exact) mass is 177 g/mol. The lowest BCUT2D eigenvalue weighted by Gasteiger charge is -2.13. The third-order valence-electron chi connectivity index (χ3n) is 1.75. The molecule has 0 saturated heterocycles. The lowest BCUT2D eigenvalue weighted by atomic mass is 9.82. The SMILES string of the molecule is F[B-](F)(F)C1CC1C(F)(F)F. The second-order valence-electron chi connectivity index (χ2n) is 2.67. The zero-order chi connectivity index (χ0) is 8.86. The first kappa shape index (κ1) is 8.74. The van der Waals surface area contributed by atoms with E-state index < -0.39 is 31.3 Å². The summed E-state index contributed by atoms with van der Waals surface area (Å²) in [5, 5.41) is 0. The molecular weight excluding hydrogens is 173 g/mol. The molecule has 0 aromatic heterocycles. The Bertz CT molecular complexity index is 139. The maximum Gasteiger partial charge on any atom is 0.481 e. The highest BCUT2D eigenvalue weighted by Crippen LogP contribution is 2.60. The quantitative estimate of drug-likeness (QED) is 0.426. The van der Waals surface area contributed by atoms with Gasteiger partial charge in [-0.05, 0) is 0 Å². The topological polar surface area (TPSA) is 0 Å². The zero-order valence-corrected chi connectivity index (χ0v) is 5.21. The minimum atomic E-state index is -5.28. The fourth-order valence-electron chi connectivity index (χ4n) is 1.01. The zero-order valence-electron chi connectivity index (χ0n) is 5.21. The van der Waals surface area contributed by atoms with E-state index >= 15 is 0 Å². The summed E-state index contributed by atoms with van der Waals surface area (Å²) >= 11 is 0. The lowest BCUT2D eigenvalue weighted by molar-refractivity contribution is -0.147. The first-order valence-electron chi connectivity index (χ1n) is 2.99. The lowest BCUT2D eigenvalue weighted by Crippen LogP contribution is -2.21. The van der Waals surface area contributed by atoms with E-state index in [1.165, 1.54) is 0 Å². The van der Waals surface area contributed by atoms with E-state index in [-0.39, 0.29) is 0 Å². The van der Waals surface area contributed by atoms with Gasteiger partial charge in [0.2, 0.25) is 0 Å². The van der Waals surface area contributed by atoms with Gasteiger partial charge in [0.1, 0.15) is 0 Å². The number of rotatable bonds is 1. The van der Waals surface area contributed by atoms with Crippen molar-refractivity contribution in [2.45, 2.75) is 18.4 Å². The molecule has 0 aliphatic heterocycles. The van der Waals surface area contributed by atoms with Gasteiger partial charge in [0.05, 0.1) is 0 Å². The molecule has 1 aliphatic rings. The first-order chi connectivity index (χ1) is 4.73. The number of alkyl halides is 3. The number of halogens is 6. The average Bonchev–Trinajstić information content (AvgIpc) is 2.30. The van der Waals surface area contributed by atoms with Gasteiger partial charge >= 0.3 is 13.2 Å². The summed E-state index contributed by atoms with van der Waals surface area (Å²) in [5.74, 6) is -4.21. The molecule has 0 radical (unpaired) electrons. The van der Waals surface area contributed by atoms with Crippen molar-refractivity contribution in [2.75, 3.05) is 0 Å². The van der Waals surface area contributed by atoms with Gasteiger partial charge in [-0.25, -0.2) is 0 Å². The van der Waals surface area contributed by atoms with Gasteiger partial charge in [0.25, 0.3) is 0 Å². The second kappa shape index (κ2) is 2.07. The van der Waals surface area contributed by atoms with Crippen LogP contribution in [-0.2, 0) is 0 Å². The third-order valence-corrected chi connectivity index (χ3v) is 1.75. The van der Waals surface area contributed by atoms with E-state index in [2.05, 4.69) is 0 Å². The van der Waals surface area contributed by atoms with Crippen LogP contribution < -0.4 is 0 Å². The molecule has 0 amide bonds. The van der Waals surface area contributed by atoms with Crippen LogP contribution in [0.5, 0.6) is 0 Å². The van der Waals surface area contributed by atoms with Crippen LogP contribution in [0.4, 0.5) is 26.1 Å². The Morgan fingerprint density at radius 2 is 1.55 bits per heavy atom. The molecule has 0 spiro atoms. The Morgan fingerprint density at radius 1 is 1.09 bits per heavy atom. The molecule has 11 heavy (non-hydrogen) atoms. The maximum absolute atomic E-state index is 11.6. The van der Waals surface area contributed by atoms with Crippen molar-refractivity contribution in [1.29, 1.82) is 0 Å². The van der Waals surface area contributed by atoms with Crippen LogP contribution in [-0.4, -0.2) is 13.2 Å². The Hall–Kier alpha value is -0.355. The molecule has 2 unspecified atom stereocenters. The van der Waals surface area contributed by atoms with Gasteiger partial charge in [0, 0.05) is 5.92 Å². The standard InChI is InChI=1S/C4H4BF6/c6-4(7,8)2-1-3(2)5(9,10)11/h2-3H,1H2/q-1. The predicted molar refractivity (Wildman–Crippen MR) is 27.0 cm³/mol. The van der Waals surface area contributed by atoms with Crippen molar-refractivity contribution in [3.63, 3.8) is 0 Å². The molecule has 0 bridgehead atoms. The van der Waals surface area contributed by atoms with Crippen LogP contribution in [0.2, 0.25) is 5.82 Å². The second-order valence-corrected chi connectivity index (χ2v) is 2.67. The minimum absolute atomic E-state index is 0.771. The summed E-state index contributed by atoms with van der Waals surface area (Å²) in [6.07, 6.45) is -5.44. The fraction of sp³-hybridized carbons (Fsp3) is 1.00. The molecule has 0 nitrogen and oxygen atoms in total. The summed E-state index contributed by atoms with van der Waals surface area (Å²) in [6, 6.07) is 0. The van der Waals surface area contributed by atoms with Gasteiger partial charge in [-0.15, -0.1) is 0 Å². The normalized spacial score (nSPS) is 32.2. The van der Waals surface area contributed by atoms with E-state index in [1.807, 2.05) is 0 Å². The molecule has 7 heteroatoms.